The number of rotatable bonds is 7. The Hall–Kier alpha value is -1.59. The molecule has 2 N–H and O–H groups in total. The molecule has 1 aromatic rings. The van der Waals surface area contributed by atoms with E-state index in [2.05, 4.69) is 22.8 Å². The van der Waals surface area contributed by atoms with Crippen LogP contribution >= 0.6 is 0 Å². The van der Waals surface area contributed by atoms with Gasteiger partial charge in [-0.2, -0.15) is 0 Å². The van der Waals surface area contributed by atoms with E-state index in [1.54, 1.807) is 0 Å². The van der Waals surface area contributed by atoms with E-state index in [0.717, 1.165) is 19.4 Å². The van der Waals surface area contributed by atoms with Crippen LogP contribution in [0.15, 0.2) is 30.3 Å². The Bertz CT molecular complexity index is 479. The van der Waals surface area contributed by atoms with Gasteiger partial charge in [-0.3, -0.25) is 0 Å². The van der Waals surface area contributed by atoms with Crippen LogP contribution in [0.5, 0.6) is 0 Å². The number of carbonyl (C=O) groups excluding carboxylic acids is 1. The van der Waals surface area contributed by atoms with Crippen molar-refractivity contribution in [2.45, 2.75) is 58.0 Å². The number of nitrogens with one attached hydrogen (secondary N) is 2. The Morgan fingerprint density at radius 1 is 1.17 bits per heavy atom. The van der Waals surface area contributed by atoms with Crippen LogP contribution in [0.3, 0.4) is 0 Å². The molecule has 0 bridgehead atoms. The summed E-state index contributed by atoms with van der Waals surface area (Å²) in [6, 6.07) is 10.7. The lowest BCUT2D eigenvalue weighted by molar-refractivity contribution is -0.0264. The molecule has 1 saturated carbocycles. The summed E-state index contributed by atoms with van der Waals surface area (Å²) in [6.45, 7) is 7.56. The highest BCUT2D eigenvalue weighted by Gasteiger charge is 2.29. The van der Waals surface area contributed by atoms with E-state index in [1.807, 2.05) is 39.0 Å². The molecule has 1 fully saturated rings. The van der Waals surface area contributed by atoms with Gasteiger partial charge in [0, 0.05) is 19.1 Å². The van der Waals surface area contributed by atoms with Gasteiger partial charge in [0.1, 0.15) is 5.60 Å². The van der Waals surface area contributed by atoms with E-state index >= 15 is 0 Å². The Labute approximate surface area is 138 Å². The SMILES string of the molecule is CC(C)(C)OC(=O)NCCN[C@H]1C[C@H](OCc2ccccc2)C1. The van der Waals surface area contributed by atoms with Crippen LogP contribution in [0.4, 0.5) is 4.79 Å². The van der Waals surface area contributed by atoms with E-state index in [9.17, 15) is 4.79 Å². The molecule has 5 heteroatoms. The van der Waals surface area contributed by atoms with Crippen LogP contribution in [0, 0.1) is 0 Å². The van der Waals surface area contributed by atoms with Gasteiger partial charge in [0.05, 0.1) is 12.7 Å². The molecular formula is C18H28N2O3. The topological polar surface area (TPSA) is 59.6 Å². The minimum Gasteiger partial charge on any atom is -0.444 e. The highest BCUT2D eigenvalue weighted by atomic mass is 16.6. The standard InChI is InChI=1S/C18H28N2O3/c1-18(2,3)23-17(21)20-10-9-19-15-11-16(12-15)22-13-14-7-5-4-6-8-14/h4-8,15-16,19H,9-13H2,1-3H3,(H,20,21)/t15-,16-. The summed E-state index contributed by atoms with van der Waals surface area (Å²) in [5, 5.41) is 6.16. The molecule has 0 radical (unpaired) electrons. The average Bonchev–Trinajstić information content (AvgIpc) is 2.43. The summed E-state index contributed by atoms with van der Waals surface area (Å²) in [7, 11) is 0. The molecule has 0 saturated heterocycles. The van der Waals surface area contributed by atoms with Crippen molar-refractivity contribution in [2.75, 3.05) is 13.1 Å². The van der Waals surface area contributed by atoms with Crippen molar-refractivity contribution in [1.82, 2.24) is 10.6 Å². The quantitative estimate of drug-likeness (QED) is 0.759. The van der Waals surface area contributed by atoms with E-state index in [0.29, 0.717) is 25.3 Å². The van der Waals surface area contributed by atoms with E-state index in [-0.39, 0.29) is 6.09 Å². The van der Waals surface area contributed by atoms with Crippen LogP contribution < -0.4 is 10.6 Å². The molecule has 0 heterocycles. The molecule has 1 aliphatic carbocycles. The predicted octanol–water partition coefficient (Wildman–Crippen LogP) is 2.85. The molecule has 1 amide bonds. The molecule has 0 atom stereocenters. The van der Waals surface area contributed by atoms with Crippen molar-refractivity contribution in [3.63, 3.8) is 0 Å². The third-order valence-corrected chi connectivity index (χ3v) is 3.65. The highest BCUT2D eigenvalue weighted by molar-refractivity contribution is 5.67. The molecule has 23 heavy (non-hydrogen) atoms. The van der Waals surface area contributed by atoms with Gasteiger partial charge < -0.3 is 20.1 Å². The molecule has 5 nitrogen and oxygen atoms in total. The summed E-state index contributed by atoms with van der Waals surface area (Å²) in [4.78, 5) is 11.5. The van der Waals surface area contributed by atoms with Gasteiger partial charge >= 0.3 is 6.09 Å². The summed E-state index contributed by atoms with van der Waals surface area (Å²) < 4.78 is 11.0. The first-order valence-electron chi connectivity index (χ1n) is 8.28. The van der Waals surface area contributed by atoms with Gasteiger partial charge in [-0.1, -0.05) is 30.3 Å². The van der Waals surface area contributed by atoms with E-state index in [1.165, 1.54) is 5.56 Å². The zero-order chi connectivity index (χ0) is 16.7. The number of amides is 1. The third-order valence-electron chi connectivity index (χ3n) is 3.65. The Morgan fingerprint density at radius 3 is 2.52 bits per heavy atom. The van der Waals surface area contributed by atoms with E-state index in [4.69, 9.17) is 9.47 Å². The molecule has 0 unspecified atom stereocenters. The minimum atomic E-state index is -0.450. The fourth-order valence-corrected chi connectivity index (χ4v) is 2.41. The van der Waals surface area contributed by atoms with Crippen molar-refractivity contribution in [1.29, 1.82) is 0 Å². The van der Waals surface area contributed by atoms with Crippen molar-refractivity contribution in [2.24, 2.45) is 0 Å². The fraction of sp³-hybridized carbons (Fsp3) is 0.611. The number of hydrogen-bond acceptors (Lipinski definition) is 4. The van der Waals surface area contributed by atoms with Crippen LogP contribution in [-0.2, 0) is 16.1 Å². The monoisotopic (exact) mass is 320 g/mol. The Balaban J connectivity index is 1.48. The minimum absolute atomic E-state index is 0.339. The maximum absolute atomic E-state index is 11.5. The predicted molar refractivity (Wildman–Crippen MR) is 90.3 cm³/mol. The van der Waals surface area contributed by atoms with Crippen molar-refractivity contribution in [3.8, 4) is 0 Å². The molecular weight excluding hydrogens is 292 g/mol. The Morgan fingerprint density at radius 2 is 1.87 bits per heavy atom. The summed E-state index contributed by atoms with van der Waals surface area (Å²) in [5.74, 6) is 0. The van der Waals surface area contributed by atoms with Gasteiger partial charge in [-0.25, -0.2) is 4.79 Å². The lowest BCUT2D eigenvalue weighted by Gasteiger charge is -2.35. The molecule has 1 aromatic carbocycles. The number of benzene rings is 1. The molecule has 2 rings (SSSR count). The second-order valence-electron chi connectivity index (χ2n) is 6.97. The van der Waals surface area contributed by atoms with E-state index < -0.39 is 5.60 Å². The zero-order valence-corrected chi connectivity index (χ0v) is 14.3. The number of hydrogen-bond donors (Lipinski definition) is 2. The lowest BCUT2D eigenvalue weighted by atomic mass is 9.89. The highest BCUT2D eigenvalue weighted by Crippen LogP contribution is 2.24. The summed E-state index contributed by atoms with van der Waals surface area (Å²) in [5.41, 5.74) is 0.764. The second-order valence-corrected chi connectivity index (χ2v) is 6.97. The van der Waals surface area contributed by atoms with Crippen LogP contribution in [0.1, 0.15) is 39.2 Å². The van der Waals surface area contributed by atoms with Gasteiger partial charge in [-0.15, -0.1) is 0 Å². The first kappa shape index (κ1) is 17.8. The average molecular weight is 320 g/mol. The normalized spacial score (nSPS) is 20.7. The molecule has 128 valence electrons. The molecule has 0 aromatic heterocycles. The van der Waals surface area contributed by atoms with Crippen molar-refractivity contribution in [3.05, 3.63) is 35.9 Å². The maximum atomic E-state index is 11.5. The fourth-order valence-electron chi connectivity index (χ4n) is 2.41. The summed E-state index contributed by atoms with van der Waals surface area (Å²) in [6.07, 6.45) is 2.03. The largest absolute Gasteiger partial charge is 0.444 e. The second kappa shape index (κ2) is 8.31. The smallest absolute Gasteiger partial charge is 0.407 e. The van der Waals surface area contributed by atoms with Gasteiger partial charge in [-0.05, 0) is 39.2 Å². The third kappa shape index (κ3) is 7.01. The first-order chi connectivity index (χ1) is 10.9. The molecule has 0 aliphatic heterocycles. The first-order valence-corrected chi connectivity index (χ1v) is 8.28. The van der Waals surface area contributed by atoms with Crippen molar-refractivity contribution < 1.29 is 14.3 Å². The van der Waals surface area contributed by atoms with Gasteiger partial charge in [0.15, 0.2) is 0 Å². The van der Waals surface area contributed by atoms with Crippen molar-refractivity contribution >= 4 is 6.09 Å². The lowest BCUT2D eigenvalue weighted by Crippen LogP contribution is -2.47. The van der Waals surface area contributed by atoms with Gasteiger partial charge in [0.2, 0.25) is 0 Å². The van der Waals surface area contributed by atoms with Crippen LogP contribution in [0.2, 0.25) is 0 Å². The van der Waals surface area contributed by atoms with Crippen LogP contribution in [-0.4, -0.2) is 36.9 Å². The molecule has 0 spiro atoms. The number of carbonyl (C=O) groups is 1. The van der Waals surface area contributed by atoms with Crippen LogP contribution in [0.25, 0.3) is 0 Å². The number of ether oxygens (including phenoxy) is 2. The van der Waals surface area contributed by atoms with Gasteiger partial charge in [0.25, 0.3) is 0 Å². The Kier molecular flexibility index (Phi) is 6.42. The summed E-state index contributed by atoms with van der Waals surface area (Å²) >= 11 is 0. The molecule has 1 aliphatic rings. The zero-order valence-electron chi connectivity index (χ0n) is 14.3. The number of alkyl carbamates (subject to hydrolysis) is 1. The maximum Gasteiger partial charge on any atom is 0.407 e.